The molecule has 132 valence electrons. The summed E-state index contributed by atoms with van der Waals surface area (Å²) >= 11 is 1.86. The minimum atomic E-state index is 0.749. The summed E-state index contributed by atoms with van der Waals surface area (Å²) in [4.78, 5) is 17.2. The second kappa shape index (κ2) is 6.81. The Labute approximate surface area is 160 Å². The third-order valence-electron chi connectivity index (χ3n) is 4.59. The standard InChI is InChI=1S/C21H17N5S/c1-2-6-14(7-3-1)18-15-8-4-5-9-16(15)27-17(18)10-11-22-20-19-21(24-12-23-19)26-13-25-20/h1-9,12-13H,10-11H2,(H2,22,23,24,25,26). The van der Waals surface area contributed by atoms with E-state index in [0.29, 0.717) is 0 Å². The highest BCUT2D eigenvalue weighted by Crippen LogP contribution is 2.38. The van der Waals surface area contributed by atoms with Gasteiger partial charge >= 0.3 is 0 Å². The smallest absolute Gasteiger partial charge is 0.162 e. The Balaban J connectivity index is 1.46. The van der Waals surface area contributed by atoms with Gasteiger partial charge in [-0.2, -0.15) is 0 Å². The fraction of sp³-hybridized carbons (Fsp3) is 0.0952. The van der Waals surface area contributed by atoms with E-state index in [9.17, 15) is 0 Å². The van der Waals surface area contributed by atoms with Crippen LogP contribution in [0.2, 0.25) is 0 Å². The number of imidazole rings is 1. The minimum Gasteiger partial charge on any atom is -0.368 e. The van der Waals surface area contributed by atoms with Crippen molar-refractivity contribution < 1.29 is 0 Å². The molecule has 0 amide bonds. The number of fused-ring (bicyclic) bond motifs is 2. The van der Waals surface area contributed by atoms with Gasteiger partial charge in [-0.1, -0.05) is 48.5 Å². The summed E-state index contributed by atoms with van der Waals surface area (Å²) in [5.41, 5.74) is 4.13. The molecule has 5 aromatic rings. The van der Waals surface area contributed by atoms with Crippen LogP contribution in [0.3, 0.4) is 0 Å². The van der Waals surface area contributed by atoms with E-state index in [-0.39, 0.29) is 0 Å². The highest BCUT2D eigenvalue weighted by molar-refractivity contribution is 7.19. The van der Waals surface area contributed by atoms with Crippen molar-refractivity contribution in [2.24, 2.45) is 0 Å². The first-order valence-electron chi connectivity index (χ1n) is 8.84. The second-order valence-electron chi connectivity index (χ2n) is 6.26. The molecule has 5 rings (SSSR count). The Bertz CT molecular complexity index is 1210. The van der Waals surface area contributed by atoms with Crippen molar-refractivity contribution in [3.63, 3.8) is 0 Å². The van der Waals surface area contributed by atoms with Gasteiger partial charge in [0, 0.05) is 27.1 Å². The maximum absolute atomic E-state index is 4.33. The van der Waals surface area contributed by atoms with Gasteiger partial charge in [0.15, 0.2) is 11.5 Å². The Kier molecular flexibility index (Phi) is 4.03. The molecular formula is C21H17N5S. The predicted octanol–water partition coefficient (Wildman–Crippen LogP) is 4.89. The van der Waals surface area contributed by atoms with Gasteiger partial charge in [-0.3, -0.25) is 0 Å². The van der Waals surface area contributed by atoms with Crippen molar-refractivity contribution in [3.8, 4) is 11.1 Å². The molecule has 2 N–H and O–H groups in total. The molecule has 0 aliphatic carbocycles. The number of H-pyrrole nitrogens is 1. The van der Waals surface area contributed by atoms with Gasteiger partial charge in [-0.15, -0.1) is 11.3 Å². The molecule has 5 nitrogen and oxygen atoms in total. The Morgan fingerprint density at radius 1 is 0.926 bits per heavy atom. The van der Waals surface area contributed by atoms with Crippen LogP contribution in [0.5, 0.6) is 0 Å². The highest BCUT2D eigenvalue weighted by atomic mass is 32.1. The molecule has 3 aromatic heterocycles. The summed E-state index contributed by atoms with van der Waals surface area (Å²) in [5.74, 6) is 0.767. The second-order valence-corrected chi connectivity index (χ2v) is 7.40. The summed E-state index contributed by atoms with van der Waals surface area (Å²) in [5, 5.41) is 4.74. The number of nitrogens with one attached hydrogen (secondary N) is 2. The fourth-order valence-corrected chi connectivity index (χ4v) is 4.61. The van der Waals surface area contributed by atoms with E-state index in [4.69, 9.17) is 0 Å². The van der Waals surface area contributed by atoms with E-state index in [1.54, 1.807) is 12.7 Å². The molecular weight excluding hydrogens is 354 g/mol. The van der Waals surface area contributed by atoms with Crippen molar-refractivity contribution in [1.82, 2.24) is 19.9 Å². The number of hydrogen-bond donors (Lipinski definition) is 2. The van der Waals surface area contributed by atoms with Crippen molar-refractivity contribution in [3.05, 3.63) is 72.1 Å². The van der Waals surface area contributed by atoms with E-state index in [0.717, 1.165) is 29.9 Å². The molecule has 0 saturated carbocycles. The van der Waals surface area contributed by atoms with E-state index in [1.165, 1.54) is 26.1 Å². The van der Waals surface area contributed by atoms with Crippen LogP contribution in [0.15, 0.2) is 67.3 Å². The molecule has 0 radical (unpaired) electrons. The summed E-state index contributed by atoms with van der Waals surface area (Å²) in [6, 6.07) is 19.2. The molecule has 27 heavy (non-hydrogen) atoms. The van der Waals surface area contributed by atoms with Crippen LogP contribution in [-0.2, 0) is 6.42 Å². The average Bonchev–Trinajstić information content (AvgIpc) is 3.33. The zero-order valence-corrected chi connectivity index (χ0v) is 15.3. The first kappa shape index (κ1) is 16.0. The van der Waals surface area contributed by atoms with Gasteiger partial charge in [0.05, 0.1) is 6.33 Å². The molecule has 0 saturated heterocycles. The lowest BCUT2D eigenvalue weighted by Gasteiger charge is -2.07. The van der Waals surface area contributed by atoms with E-state index < -0.39 is 0 Å². The van der Waals surface area contributed by atoms with Crippen LogP contribution < -0.4 is 5.32 Å². The number of aromatic nitrogens is 4. The number of hydrogen-bond acceptors (Lipinski definition) is 5. The highest BCUT2D eigenvalue weighted by Gasteiger charge is 2.14. The number of nitrogens with zero attached hydrogens (tertiary/aromatic N) is 3. The normalized spacial score (nSPS) is 11.3. The van der Waals surface area contributed by atoms with Crippen LogP contribution in [0.1, 0.15) is 4.88 Å². The summed E-state index contributed by atoms with van der Waals surface area (Å²) in [6.45, 7) is 0.783. The SMILES string of the molecule is c1ccc(-c2c(CCNc3ncnc4[nH]cnc34)sc3ccccc23)cc1. The number of thiophene rings is 1. The van der Waals surface area contributed by atoms with E-state index in [2.05, 4.69) is 79.9 Å². The van der Waals surface area contributed by atoms with Crippen molar-refractivity contribution in [2.75, 3.05) is 11.9 Å². The first-order valence-corrected chi connectivity index (χ1v) is 9.65. The lowest BCUT2D eigenvalue weighted by molar-refractivity contribution is 1.03. The lowest BCUT2D eigenvalue weighted by atomic mass is 10.0. The predicted molar refractivity (Wildman–Crippen MR) is 111 cm³/mol. The number of benzene rings is 2. The van der Waals surface area contributed by atoms with Crippen LogP contribution in [0.4, 0.5) is 5.82 Å². The molecule has 3 heterocycles. The molecule has 6 heteroatoms. The molecule has 0 unspecified atom stereocenters. The third-order valence-corrected chi connectivity index (χ3v) is 5.82. The third kappa shape index (κ3) is 2.94. The first-order chi connectivity index (χ1) is 13.4. The van der Waals surface area contributed by atoms with Gasteiger partial charge in [0.25, 0.3) is 0 Å². The van der Waals surface area contributed by atoms with Crippen molar-refractivity contribution in [2.45, 2.75) is 6.42 Å². The van der Waals surface area contributed by atoms with E-state index in [1.807, 2.05) is 11.3 Å². The fourth-order valence-electron chi connectivity index (χ4n) is 3.38. The van der Waals surface area contributed by atoms with Crippen LogP contribution in [0, 0.1) is 0 Å². The van der Waals surface area contributed by atoms with Gasteiger partial charge in [-0.05, 0) is 18.1 Å². The average molecular weight is 371 g/mol. The van der Waals surface area contributed by atoms with Gasteiger partial charge in [0.1, 0.15) is 11.8 Å². The number of aromatic amines is 1. The molecule has 0 fully saturated rings. The zero-order chi connectivity index (χ0) is 18.1. The number of anilines is 1. The summed E-state index contributed by atoms with van der Waals surface area (Å²) in [7, 11) is 0. The Hall–Kier alpha value is -3.25. The topological polar surface area (TPSA) is 66.5 Å². The molecule has 0 bridgehead atoms. The van der Waals surface area contributed by atoms with Gasteiger partial charge < -0.3 is 10.3 Å². The Morgan fingerprint density at radius 2 is 1.78 bits per heavy atom. The van der Waals surface area contributed by atoms with Crippen molar-refractivity contribution >= 4 is 38.4 Å². The molecule has 0 aliphatic heterocycles. The summed E-state index contributed by atoms with van der Waals surface area (Å²) < 4.78 is 1.32. The maximum atomic E-state index is 4.33. The van der Waals surface area contributed by atoms with Crippen molar-refractivity contribution in [1.29, 1.82) is 0 Å². The maximum Gasteiger partial charge on any atom is 0.162 e. The quantitative estimate of drug-likeness (QED) is 0.462. The molecule has 0 aliphatic rings. The Morgan fingerprint density at radius 3 is 2.70 bits per heavy atom. The molecule has 2 aromatic carbocycles. The molecule has 0 atom stereocenters. The van der Waals surface area contributed by atoms with Crippen LogP contribution in [0.25, 0.3) is 32.4 Å². The minimum absolute atomic E-state index is 0.749. The van der Waals surface area contributed by atoms with E-state index >= 15 is 0 Å². The van der Waals surface area contributed by atoms with Crippen LogP contribution >= 0.6 is 11.3 Å². The summed E-state index contributed by atoms with van der Waals surface area (Å²) in [6.07, 6.45) is 4.11. The van der Waals surface area contributed by atoms with Crippen LogP contribution in [-0.4, -0.2) is 26.5 Å². The monoisotopic (exact) mass is 371 g/mol. The largest absolute Gasteiger partial charge is 0.368 e. The zero-order valence-electron chi connectivity index (χ0n) is 14.5. The number of rotatable bonds is 5. The lowest BCUT2D eigenvalue weighted by Crippen LogP contribution is -2.07. The van der Waals surface area contributed by atoms with Gasteiger partial charge in [-0.25, -0.2) is 15.0 Å². The molecule has 0 spiro atoms. The van der Waals surface area contributed by atoms with Gasteiger partial charge in [0.2, 0.25) is 0 Å².